The SMILES string of the molecule is COc1cc(C(=O)OCC(=O)Nc2ccccc2C(N)=O)ccc1OC(F)F. The zero-order chi connectivity index (χ0) is 20.7. The first-order chi connectivity index (χ1) is 13.3. The molecule has 3 N–H and O–H groups in total. The number of amides is 2. The molecule has 148 valence electrons. The fraction of sp³-hybridized carbons (Fsp3) is 0.167. The maximum atomic E-state index is 12.3. The summed E-state index contributed by atoms with van der Waals surface area (Å²) in [6.45, 7) is -3.71. The summed E-state index contributed by atoms with van der Waals surface area (Å²) in [7, 11) is 1.21. The number of para-hydroxylation sites is 1. The lowest BCUT2D eigenvalue weighted by Gasteiger charge is -2.12. The monoisotopic (exact) mass is 394 g/mol. The van der Waals surface area contributed by atoms with Crippen molar-refractivity contribution in [1.29, 1.82) is 0 Å². The second-order valence-electron chi connectivity index (χ2n) is 5.28. The van der Waals surface area contributed by atoms with Crippen molar-refractivity contribution in [3.63, 3.8) is 0 Å². The normalized spacial score (nSPS) is 10.3. The summed E-state index contributed by atoms with van der Waals surface area (Å²) < 4.78 is 38.7. The maximum absolute atomic E-state index is 12.3. The Hall–Kier alpha value is -3.69. The second kappa shape index (κ2) is 9.31. The molecule has 2 aromatic carbocycles. The van der Waals surface area contributed by atoms with E-state index in [0.29, 0.717) is 0 Å². The minimum Gasteiger partial charge on any atom is -0.493 e. The predicted molar refractivity (Wildman–Crippen MR) is 93.5 cm³/mol. The van der Waals surface area contributed by atoms with Crippen LogP contribution in [0.2, 0.25) is 0 Å². The van der Waals surface area contributed by atoms with E-state index in [0.717, 1.165) is 12.1 Å². The van der Waals surface area contributed by atoms with Crippen LogP contribution in [0.5, 0.6) is 11.5 Å². The van der Waals surface area contributed by atoms with Gasteiger partial charge in [-0.05, 0) is 30.3 Å². The van der Waals surface area contributed by atoms with Crippen LogP contribution in [0.1, 0.15) is 20.7 Å². The molecule has 0 aliphatic heterocycles. The Morgan fingerprint density at radius 3 is 2.46 bits per heavy atom. The molecule has 0 aliphatic rings. The molecule has 2 aromatic rings. The number of methoxy groups -OCH3 is 1. The van der Waals surface area contributed by atoms with Crippen LogP contribution in [0.3, 0.4) is 0 Å². The molecule has 28 heavy (non-hydrogen) atoms. The van der Waals surface area contributed by atoms with Gasteiger partial charge < -0.3 is 25.3 Å². The number of primary amides is 1. The number of rotatable bonds is 8. The van der Waals surface area contributed by atoms with Gasteiger partial charge in [0, 0.05) is 0 Å². The van der Waals surface area contributed by atoms with Crippen LogP contribution in [-0.2, 0) is 9.53 Å². The highest BCUT2D eigenvalue weighted by Gasteiger charge is 2.17. The van der Waals surface area contributed by atoms with Crippen molar-refractivity contribution in [1.82, 2.24) is 0 Å². The third kappa shape index (κ3) is 5.40. The molecule has 8 nitrogen and oxygen atoms in total. The van der Waals surface area contributed by atoms with Crippen molar-refractivity contribution < 1.29 is 37.4 Å². The lowest BCUT2D eigenvalue weighted by atomic mass is 10.1. The van der Waals surface area contributed by atoms with E-state index in [9.17, 15) is 23.2 Å². The van der Waals surface area contributed by atoms with Gasteiger partial charge in [-0.1, -0.05) is 12.1 Å². The molecule has 2 rings (SSSR count). The minimum atomic E-state index is -3.06. The Labute approximate surface area is 158 Å². The average molecular weight is 394 g/mol. The summed E-state index contributed by atoms with van der Waals surface area (Å²) >= 11 is 0. The molecule has 0 unspecified atom stereocenters. The standard InChI is InChI=1S/C18H16F2N2O6/c1-26-14-8-10(6-7-13(14)28-18(19)20)17(25)27-9-15(23)22-12-5-3-2-4-11(12)16(21)24/h2-8,18H,9H2,1H3,(H2,21,24)(H,22,23). The van der Waals surface area contributed by atoms with Crippen LogP contribution >= 0.6 is 0 Å². The number of alkyl halides is 2. The van der Waals surface area contributed by atoms with Gasteiger partial charge in [0.05, 0.1) is 23.9 Å². The summed E-state index contributed by atoms with van der Waals surface area (Å²) in [5.41, 5.74) is 5.45. The smallest absolute Gasteiger partial charge is 0.387 e. The predicted octanol–water partition coefficient (Wildman–Crippen LogP) is 2.19. The number of halogens is 2. The van der Waals surface area contributed by atoms with Gasteiger partial charge in [0.2, 0.25) is 0 Å². The number of carbonyl (C=O) groups excluding carboxylic acids is 3. The molecule has 0 bridgehead atoms. The minimum absolute atomic E-state index is 0.0381. The van der Waals surface area contributed by atoms with Gasteiger partial charge in [0.1, 0.15) is 0 Å². The van der Waals surface area contributed by atoms with Gasteiger partial charge in [-0.15, -0.1) is 0 Å². The summed E-state index contributed by atoms with van der Waals surface area (Å²) in [6, 6.07) is 9.49. The average Bonchev–Trinajstić information content (AvgIpc) is 2.66. The highest BCUT2D eigenvalue weighted by molar-refractivity contribution is 6.03. The van der Waals surface area contributed by atoms with Gasteiger partial charge in [0.15, 0.2) is 18.1 Å². The number of esters is 1. The number of benzene rings is 2. The van der Waals surface area contributed by atoms with E-state index in [2.05, 4.69) is 10.1 Å². The first-order valence-corrected chi connectivity index (χ1v) is 7.80. The van der Waals surface area contributed by atoms with Crippen LogP contribution in [0, 0.1) is 0 Å². The molecule has 10 heteroatoms. The van der Waals surface area contributed by atoms with Crippen molar-refractivity contribution in [2.24, 2.45) is 5.73 Å². The van der Waals surface area contributed by atoms with Gasteiger partial charge in [-0.2, -0.15) is 8.78 Å². The molecule has 2 amide bonds. The van der Waals surface area contributed by atoms with E-state index in [1.54, 1.807) is 12.1 Å². The molecule has 0 aliphatic carbocycles. The molecule has 0 heterocycles. The zero-order valence-corrected chi connectivity index (χ0v) is 14.6. The van der Waals surface area contributed by atoms with E-state index in [4.69, 9.17) is 15.2 Å². The van der Waals surface area contributed by atoms with E-state index in [1.807, 2.05) is 0 Å². The van der Waals surface area contributed by atoms with Crippen LogP contribution in [0.25, 0.3) is 0 Å². The Morgan fingerprint density at radius 2 is 1.82 bits per heavy atom. The van der Waals surface area contributed by atoms with Crippen LogP contribution in [0.15, 0.2) is 42.5 Å². The molecule has 0 spiro atoms. The summed E-state index contributed by atoms with van der Waals surface area (Å²) in [4.78, 5) is 35.3. The van der Waals surface area contributed by atoms with Crippen LogP contribution in [0.4, 0.5) is 14.5 Å². The number of ether oxygens (including phenoxy) is 3. The molecule has 0 aromatic heterocycles. The molecule has 0 saturated carbocycles. The van der Waals surface area contributed by atoms with Gasteiger partial charge >= 0.3 is 12.6 Å². The van der Waals surface area contributed by atoms with Crippen molar-refractivity contribution in [3.8, 4) is 11.5 Å². The van der Waals surface area contributed by atoms with Crippen LogP contribution < -0.4 is 20.5 Å². The quantitative estimate of drug-likeness (QED) is 0.663. The van der Waals surface area contributed by atoms with Crippen molar-refractivity contribution in [2.75, 3.05) is 19.0 Å². The lowest BCUT2D eigenvalue weighted by molar-refractivity contribution is -0.119. The second-order valence-corrected chi connectivity index (χ2v) is 5.28. The lowest BCUT2D eigenvalue weighted by Crippen LogP contribution is -2.23. The van der Waals surface area contributed by atoms with Crippen LogP contribution in [-0.4, -0.2) is 38.1 Å². The summed E-state index contributed by atoms with van der Waals surface area (Å²) in [5.74, 6) is -2.68. The van der Waals surface area contributed by atoms with Gasteiger partial charge in [0.25, 0.3) is 11.8 Å². The van der Waals surface area contributed by atoms with Gasteiger partial charge in [-0.25, -0.2) is 4.79 Å². The third-order valence-electron chi connectivity index (χ3n) is 3.42. The van der Waals surface area contributed by atoms with E-state index in [1.165, 1.54) is 25.3 Å². The first kappa shape index (κ1) is 20.6. The van der Waals surface area contributed by atoms with Gasteiger partial charge in [-0.3, -0.25) is 9.59 Å². The molecule has 0 radical (unpaired) electrons. The Bertz CT molecular complexity index is 888. The van der Waals surface area contributed by atoms with E-state index in [-0.39, 0.29) is 28.3 Å². The molecular formula is C18H16F2N2O6. The summed E-state index contributed by atoms with van der Waals surface area (Å²) in [5, 5.41) is 2.41. The molecule has 0 saturated heterocycles. The highest BCUT2D eigenvalue weighted by Crippen LogP contribution is 2.29. The van der Waals surface area contributed by atoms with Crippen molar-refractivity contribution >= 4 is 23.5 Å². The Kier molecular flexibility index (Phi) is 6.85. The number of hydrogen-bond donors (Lipinski definition) is 2. The fourth-order valence-corrected chi connectivity index (χ4v) is 2.20. The van der Waals surface area contributed by atoms with Crippen molar-refractivity contribution in [3.05, 3.63) is 53.6 Å². The van der Waals surface area contributed by atoms with E-state index >= 15 is 0 Å². The molecular weight excluding hydrogens is 378 g/mol. The number of hydrogen-bond acceptors (Lipinski definition) is 6. The Morgan fingerprint density at radius 1 is 1.11 bits per heavy atom. The Balaban J connectivity index is 2.00. The van der Waals surface area contributed by atoms with E-state index < -0.39 is 31.0 Å². The molecule has 0 fully saturated rings. The van der Waals surface area contributed by atoms with Crippen molar-refractivity contribution in [2.45, 2.75) is 6.61 Å². The number of nitrogens with two attached hydrogens (primary N) is 1. The first-order valence-electron chi connectivity index (χ1n) is 7.80. The number of nitrogens with one attached hydrogen (secondary N) is 1. The third-order valence-corrected chi connectivity index (χ3v) is 3.42. The molecule has 0 atom stereocenters. The fourth-order valence-electron chi connectivity index (χ4n) is 2.20. The number of carbonyl (C=O) groups is 3. The topological polar surface area (TPSA) is 117 Å². The highest BCUT2D eigenvalue weighted by atomic mass is 19.3. The largest absolute Gasteiger partial charge is 0.493 e. The number of anilines is 1. The summed E-state index contributed by atoms with van der Waals surface area (Å²) in [6.07, 6.45) is 0. The maximum Gasteiger partial charge on any atom is 0.387 e. The zero-order valence-electron chi connectivity index (χ0n) is 14.6.